The van der Waals surface area contributed by atoms with E-state index in [1.807, 2.05) is 17.6 Å². The third kappa shape index (κ3) is 5.11. The Morgan fingerprint density at radius 1 is 1.27 bits per heavy atom. The number of rotatable bonds is 6. The minimum atomic E-state index is -1.10. The van der Waals surface area contributed by atoms with E-state index in [-0.39, 0.29) is 11.5 Å². The van der Waals surface area contributed by atoms with E-state index in [0.717, 1.165) is 30.8 Å². The maximum Gasteiger partial charge on any atom is 0.326 e. The van der Waals surface area contributed by atoms with Gasteiger partial charge >= 0.3 is 5.97 Å². The second kappa shape index (κ2) is 8.89. The Hall–Kier alpha value is -2.74. The van der Waals surface area contributed by atoms with Gasteiger partial charge in [-0.15, -0.1) is 0 Å². The van der Waals surface area contributed by atoms with Crippen molar-refractivity contribution in [1.29, 1.82) is 0 Å². The molecule has 1 aliphatic carbocycles. The quantitative estimate of drug-likeness (QED) is 0.690. The van der Waals surface area contributed by atoms with Gasteiger partial charge in [-0.3, -0.25) is 9.69 Å². The summed E-state index contributed by atoms with van der Waals surface area (Å²) < 4.78 is 16.9. The summed E-state index contributed by atoms with van der Waals surface area (Å²) in [7, 11) is 0. The summed E-state index contributed by atoms with van der Waals surface area (Å²) in [5.41, 5.74) is 1.38. The normalized spacial score (nSPS) is 17.8. The van der Waals surface area contributed by atoms with Gasteiger partial charge in [0.25, 0.3) is 5.91 Å². The zero-order valence-electron chi connectivity index (χ0n) is 19.8. The molecule has 0 saturated heterocycles. The predicted molar refractivity (Wildman–Crippen MR) is 123 cm³/mol. The van der Waals surface area contributed by atoms with Crippen LogP contribution in [0.4, 0.5) is 4.39 Å². The lowest BCUT2D eigenvalue weighted by atomic mass is 9.86. The third-order valence-corrected chi connectivity index (χ3v) is 6.48. The summed E-state index contributed by atoms with van der Waals surface area (Å²) in [6.07, 6.45) is 3.33. The Balaban J connectivity index is 1.76. The number of hydrogen-bond acceptors (Lipinski definition) is 4. The molecule has 1 saturated carbocycles. The molecule has 0 bridgehead atoms. The lowest BCUT2D eigenvalue weighted by Crippen LogP contribution is -2.49. The number of benzene rings is 1. The summed E-state index contributed by atoms with van der Waals surface area (Å²) in [5.74, 6) is -0.895. The number of nitrogens with one attached hydrogen (secondary N) is 1. The summed E-state index contributed by atoms with van der Waals surface area (Å²) in [5, 5.41) is 12.4. The molecule has 1 amide bonds. The van der Waals surface area contributed by atoms with Crippen LogP contribution in [0, 0.1) is 24.1 Å². The highest BCUT2D eigenvalue weighted by Gasteiger charge is 2.36. The van der Waals surface area contributed by atoms with Gasteiger partial charge in [0.1, 0.15) is 17.7 Å². The van der Waals surface area contributed by atoms with E-state index in [2.05, 4.69) is 15.2 Å². The van der Waals surface area contributed by atoms with Crippen LogP contribution < -0.4 is 5.32 Å². The topological polar surface area (TPSA) is 87.5 Å². The molecule has 1 aromatic carbocycles. The molecule has 1 aliphatic heterocycles. The maximum absolute atomic E-state index is 14.9. The minimum absolute atomic E-state index is 0.183. The smallest absolute Gasteiger partial charge is 0.326 e. The second-order valence-electron chi connectivity index (χ2n) is 10.5. The number of imidazole rings is 1. The fourth-order valence-corrected chi connectivity index (χ4v) is 4.49. The SMILES string of the molecule is Cc1ccc(-c2nc(C(=O)N[C@H](C(=O)O)C(C)(C)C)c3n2CCCN(CC2CC2)C3)c(F)c1. The van der Waals surface area contributed by atoms with Crippen molar-refractivity contribution >= 4 is 11.9 Å². The molecule has 8 heteroatoms. The molecule has 0 unspecified atom stereocenters. The standard InChI is InChI=1S/C25H33FN4O3/c1-15-6-9-17(18(26)12-15)22-27-20(23(31)28-21(24(32)33)25(2,3)4)19-14-29(13-16-7-8-16)10-5-11-30(19)22/h6,9,12,16,21H,5,7-8,10-11,13-14H2,1-4H3,(H,28,31)(H,32,33)/t21-/m1/s1. The lowest BCUT2D eigenvalue weighted by Gasteiger charge is -2.27. The summed E-state index contributed by atoms with van der Waals surface area (Å²) >= 11 is 0. The van der Waals surface area contributed by atoms with Gasteiger partial charge < -0.3 is 15.0 Å². The number of aliphatic carboxylic acids is 1. The first-order chi connectivity index (χ1) is 15.5. The minimum Gasteiger partial charge on any atom is -0.480 e. The van der Waals surface area contributed by atoms with Gasteiger partial charge in [-0.1, -0.05) is 26.8 Å². The van der Waals surface area contributed by atoms with Crippen LogP contribution in [-0.4, -0.2) is 50.6 Å². The number of carboxylic acid groups (broad SMARTS) is 1. The maximum atomic E-state index is 14.9. The van der Waals surface area contributed by atoms with Gasteiger partial charge in [0.15, 0.2) is 5.69 Å². The Labute approximate surface area is 194 Å². The highest BCUT2D eigenvalue weighted by molar-refractivity contribution is 5.97. The number of carboxylic acids is 1. The van der Waals surface area contributed by atoms with Crippen LogP contribution in [0.3, 0.4) is 0 Å². The third-order valence-electron chi connectivity index (χ3n) is 6.48. The number of hydrogen-bond donors (Lipinski definition) is 2. The van der Waals surface area contributed by atoms with Crippen molar-refractivity contribution in [3.63, 3.8) is 0 Å². The fraction of sp³-hybridized carbons (Fsp3) is 0.560. The number of carbonyl (C=O) groups excluding carboxylic acids is 1. The first kappa shape index (κ1) is 23.4. The van der Waals surface area contributed by atoms with E-state index < -0.39 is 23.3 Å². The average molecular weight is 457 g/mol. The van der Waals surface area contributed by atoms with E-state index in [4.69, 9.17) is 0 Å². The number of carbonyl (C=O) groups is 2. The fourth-order valence-electron chi connectivity index (χ4n) is 4.49. The highest BCUT2D eigenvalue weighted by atomic mass is 19.1. The van der Waals surface area contributed by atoms with Crippen molar-refractivity contribution in [2.24, 2.45) is 11.3 Å². The molecule has 33 heavy (non-hydrogen) atoms. The Kier molecular flexibility index (Phi) is 6.31. The summed E-state index contributed by atoms with van der Waals surface area (Å²) in [6.45, 7) is 10.2. The van der Waals surface area contributed by atoms with E-state index >= 15 is 0 Å². The highest BCUT2D eigenvalue weighted by Crippen LogP contribution is 2.33. The number of fused-ring (bicyclic) bond motifs is 1. The number of halogens is 1. The number of amides is 1. The van der Waals surface area contributed by atoms with Crippen LogP contribution in [0.1, 0.15) is 61.8 Å². The van der Waals surface area contributed by atoms with Crippen LogP contribution >= 0.6 is 0 Å². The van der Waals surface area contributed by atoms with Gasteiger partial charge in [-0.05, 0) is 55.2 Å². The molecule has 4 rings (SSSR count). The van der Waals surface area contributed by atoms with Gasteiger partial charge in [0.2, 0.25) is 0 Å². The molecule has 1 atom stereocenters. The Morgan fingerprint density at radius 3 is 2.61 bits per heavy atom. The predicted octanol–water partition coefficient (Wildman–Crippen LogP) is 3.84. The van der Waals surface area contributed by atoms with Crippen molar-refractivity contribution in [2.45, 2.75) is 66.1 Å². The van der Waals surface area contributed by atoms with E-state index in [9.17, 15) is 19.1 Å². The van der Waals surface area contributed by atoms with Crippen LogP contribution in [0.15, 0.2) is 18.2 Å². The van der Waals surface area contributed by atoms with Crippen LogP contribution in [0.5, 0.6) is 0 Å². The first-order valence-electron chi connectivity index (χ1n) is 11.7. The lowest BCUT2D eigenvalue weighted by molar-refractivity contribution is -0.142. The average Bonchev–Trinajstić information content (AvgIpc) is 3.49. The van der Waals surface area contributed by atoms with E-state index in [1.165, 1.54) is 18.9 Å². The molecule has 2 N–H and O–H groups in total. The zero-order chi connectivity index (χ0) is 23.9. The molecule has 7 nitrogen and oxygen atoms in total. The van der Waals surface area contributed by atoms with Gasteiger partial charge in [0.05, 0.1) is 11.3 Å². The molecule has 178 valence electrons. The van der Waals surface area contributed by atoms with Gasteiger partial charge in [-0.25, -0.2) is 14.2 Å². The molecular weight excluding hydrogens is 423 g/mol. The molecule has 2 heterocycles. The number of aryl methyl sites for hydroxylation is 1. The Bertz CT molecular complexity index is 1070. The molecular formula is C25H33FN4O3. The molecule has 2 aliphatic rings. The monoisotopic (exact) mass is 456 g/mol. The molecule has 0 radical (unpaired) electrons. The number of nitrogens with zero attached hydrogens (tertiary/aromatic N) is 3. The molecule has 2 aromatic rings. The molecule has 1 fully saturated rings. The Morgan fingerprint density at radius 2 is 2.00 bits per heavy atom. The van der Waals surface area contributed by atoms with Crippen molar-refractivity contribution in [3.8, 4) is 11.4 Å². The van der Waals surface area contributed by atoms with Crippen molar-refractivity contribution in [3.05, 3.63) is 41.0 Å². The molecule has 0 spiro atoms. The summed E-state index contributed by atoms with van der Waals surface area (Å²) in [6, 6.07) is 3.92. The van der Waals surface area contributed by atoms with Crippen LogP contribution in [0.25, 0.3) is 11.4 Å². The van der Waals surface area contributed by atoms with Crippen molar-refractivity contribution in [2.75, 3.05) is 13.1 Å². The first-order valence-corrected chi connectivity index (χ1v) is 11.7. The van der Waals surface area contributed by atoms with Crippen molar-refractivity contribution < 1.29 is 19.1 Å². The largest absolute Gasteiger partial charge is 0.480 e. The summed E-state index contributed by atoms with van der Waals surface area (Å²) in [4.78, 5) is 32.1. The van der Waals surface area contributed by atoms with Crippen molar-refractivity contribution in [1.82, 2.24) is 19.8 Å². The van der Waals surface area contributed by atoms with E-state index in [1.54, 1.807) is 26.8 Å². The van der Waals surface area contributed by atoms with Gasteiger partial charge in [-0.2, -0.15) is 0 Å². The van der Waals surface area contributed by atoms with Crippen LogP contribution in [-0.2, 0) is 17.9 Å². The number of aromatic nitrogens is 2. The molecule has 1 aromatic heterocycles. The second-order valence-corrected chi connectivity index (χ2v) is 10.5. The van der Waals surface area contributed by atoms with Crippen LogP contribution in [0.2, 0.25) is 0 Å². The van der Waals surface area contributed by atoms with E-state index in [0.29, 0.717) is 30.4 Å². The van der Waals surface area contributed by atoms with Gasteiger partial charge in [0, 0.05) is 26.2 Å². The zero-order valence-corrected chi connectivity index (χ0v) is 19.8.